The number of amides is 1. The van der Waals surface area contributed by atoms with Crippen molar-refractivity contribution < 1.29 is 24.5 Å². The third kappa shape index (κ3) is 49.3. The van der Waals surface area contributed by atoms with E-state index >= 15 is 0 Å². The predicted octanol–water partition coefficient (Wildman–Crippen LogP) is 17.0. The fourth-order valence-electron chi connectivity index (χ4n) is 8.29. The number of nitrogens with one attached hydrogen (secondary N) is 1. The fraction of sp³-hybridized carbons (Fsp3) is 0.828. The monoisotopic (exact) mass is 898 g/mol. The Morgan fingerprint density at radius 3 is 1.23 bits per heavy atom. The van der Waals surface area contributed by atoms with Crippen LogP contribution in [0.15, 0.2) is 48.6 Å². The van der Waals surface area contributed by atoms with Crippen molar-refractivity contribution in [1.29, 1.82) is 0 Å². The Bertz CT molecular complexity index is 1080. The molecular formula is C58H107NO5. The Balaban J connectivity index is 3.49. The summed E-state index contributed by atoms with van der Waals surface area (Å²) in [6.07, 6.45) is 67.1. The average molecular weight is 898 g/mol. The lowest BCUT2D eigenvalue weighted by molar-refractivity contribution is -0.143. The van der Waals surface area contributed by atoms with E-state index in [-0.39, 0.29) is 18.5 Å². The number of allylic oxidation sites excluding steroid dienone is 6. The summed E-state index contributed by atoms with van der Waals surface area (Å²) in [5, 5.41) is 23.1. The highest BCUT2D eigenvalue weighted by Gasteiger charge is 2.18. The number of aliphatic hydroxyl groups excluding tert-OH is 2. The maximum absolute atomic E-state index is 12.4. The van der Waals surface area contributed by atoms with Gasteiger partial charge in [-0.15, -0.1) is 0 Å². The summed E-state index contributed by atoms with van der Waals surface area (Å²) in [6.45, 7) is 4.76. The molecule has 6 heteroatoms. The molecule has 0 rings (SSSR count). The highest BCUT2D eigenvalue weighted by Crippen LogP contribution is 2.16. The van der Waals surface area contributed by atoms with Crippen molar-refractivity contribution >= 4 is 11.9 Å². The van der Waals surface area contributed by atoms with Crippen LogP contribution in [0.2, 0.25) is 0 Å². The molecule has 2 unspecified atom stereocenters. The zero-order valence-electron chi connectivity index (χ0n) is 42.5. The predicted molar refractivity (Wildman–Crippen MR) is 278 cm³/mol. The van der Waals surface area contributed by atoms with Crippen LogP contribution in [-0.4, -0.2) is 47.4 Å². The maximum Gasteiger partial charge on any atom is 0.305 e. The molecule has 0 aliphatic heterocycles. The van der Waals surface area contributed by atoms with Gasteiger partial charge in [-0.1, -0.05) is 242 Å². The van der Waals surface area contributed by atoms with Gasteiger partial charge in [-0.25, -0.2) is 0 Å². The van der Waals surface area contributed by atoms with E-state index < -0.39 is 12.1 Å². The number of rotatable bonds is 51. The van der Waals surface area contributed by atoms with Crippen molar-refractivity contribution in [1.82, 2.24) is 5.32 Å². The van der Waals surface area contributed by atoms with E-state index in [0.717, 1.165) is 51.4 Å². The lowest BCUT2D eigenvalue weighted by atomic mass is 10.0. The zero-order chi connectivity index (χ0) is 46.5. The van der Waals surface area contributed by atoms with Crippen LogP contribution in [0.4, 0.5) is 0 Å². The Kier molecular flexibility index (Phi) is 51.6. The molecule has 3 N–H and O–H groups in total. The Hall–Kier alpha value is -2.18. The number of hydrogen-bond acceptors (Lipinski definition) is 5. The summed E-state index contributed by atoms with van der Waals surface area (Å²) in [6, 6.07) is -0.632. The molecule has 0 bridgehead atoms. The van der Waals surface area contributed by atoms with Gasteiger partial charge < -0.3 is 20.3 Å². The van der Waals surface area contributed by atoms with Crippen LogP contribution in [0.3, 0.4) is 0 Å². The summed E-state index contributed by atoms with van der Waals surface area (Å²) >= 11 is 0. The number of carbonyl (C=O) groups excluding carboxylic acids is 2. The molecule has 374 valence electrons. The molecule has 0 aromatic heterocycles. The molecule has 0 saturated carbocycles. The van der Waals surface area contributed by atoms with Gasteiger partial charge in [0.2, 0.25) is 5.91 Å². The molecule has 0 saturated heterocycles. The third-order valence-electron chi connectivity index (χ3n) is 12.6. The standard InChI is InChI=1S/C58H107NO5/c1-3-5-7-9-11-13-15-17-27-30-34-38-42-46-50-56(61)55(54-60)59-57(62)51-47-43-39-35-31-28-25-23-21-19-18-20-22-24-26-29-33-37-41-45-49-53-64-58(63)52-48-44-40-36-32-16-14-12-10-8-6-4-2/h12,14,29,33,41,45-46,50,55-56,60-61H,3-11,13,15-28,30-32,34-40,42-44,47-49,51-54H2,1-2H3,(H,59,62)/b14-12-,33-29-,45-41-,50-46+. The van der Waals surface area contributed by atoms with Crippen molar-refractivity contribution in [2.75, 3.05) is 13.2 Å². The van der Waals surface area contributed by atoms with Crippen LogP contribution in [-0.2, 0) is 14.3 Å². The summed E-state index contributed by atoms with van der Waals surface area (Å²) in [7, 11) is 0. The molecule has 0 aromatic carbocycles. The first-order valence-corrected chi connectivity index (χ1v) is 27.9. The van der Waals surface area contributed by atoms with Gasteiger partial charge in [0.05, 0.1) is 25.4 Å². The van der Waals surface area contributed by atoms with Crippen LogP contribution in [0.1, 0.15) is 284 Å². The first-order chi connectivity index (χ1) is 31.5. The average Bonchev–Trinajstić information content (AvgIpc) is 3.29. The molecule has 6 nitrogen and oxygen atoms in total. The van der Waals surface area contributed by atoms with Crippen LogP contribution < -0.4 is 5.32 Å². The molecule has 0 radical (unpaired) electrons. The zero-order valence-corrected chi connectivity index (χ0v) is 42.5. The smallest absolute Gasteiger partial charge is 0.305 e. The van der Waals surface area contributed by atoms with E-state index in [0.29, 0.717) is 19.4 Å². The number of esters is 1. The van der Waals surface area contributed by atoms with E-state index in [9.17, 15) is 19.8 Å². The van der Waals surface area contributed by atoms with E-state index in [1.54, 1.807) is 6.08 Å². The number of aliphatic hydroxyl groups is 2. The molecule has 0 fully saturated rings. The highest BCUT2D eigenvalue weighted by molar-refractivity contribution is 5.76. The quantitative estimate of drug-likeness (QED) is 0.0321. The van der Waals surface area contributed by atoms with E-state index in [1.807, 2.05) is 6.08 Å². The summed E-state index contributed by atoms with van der Waals surface area (Å²) in [4.78, 5) is 24.4. The lowest BCUT2D eigenvalue weighted by Gasteiger charge is -2.20. The summed E-state index contributed by atoms with van der Waals surface area (Å²) in [5.74, 6) is -0.120. The first kappa shape index (κ1) is 61.8. The van der Waals surface area contributed by atoms with Crippen LogP contribution in [0.5, 0.6) is 0 Å². The van der Waals surface area contributed by atoms with Crippen LogP contribution >= 0.6 is 0 Å². The van der Waals surface area contributed by atoms with Gasteiger partial charge in [-0.2, -0.15) is 0 Å². The van der Waals surface area contributed by atoms with Gasteiger partial charge in [0.1, 0.15) is 0 Å². The van der Waals surface area contributed by atoms with Gasteiger partial charge in [0, 0.05) is 12.8 Å². The largest absolute Gasteiger partial charge is 0.465 e. The Labute approximate surface area is 397 Å². The summed E-state index contributed by atoms with van der Waals surface area (Å²) in [5.41, 5.74) is 0. The normalized spacial score (nSPS) is 13.0. The topological polar surface area (TPSA) is 95.9 Å². The SMILES string of the molecule is CCCCC/C=C\CCCCCCCC(=O)OCC/C=C\C/C=C\CCCCCCCCCCCCCCCCC(=O)NC(CO)C(O)/C=C/CCCCCCCCCCCCCC. The molecule has 2 atom stereocenters. The number of hydrogen-bond donors (Lipinski definition) is 3. The van der Waals surface area contributed by atoms with Gasteiger partial charge in [0.25, 0.3) is 0 Å². The Morgan fingerprint density at radius 2 is 0.781 bits per heavy atom. The second-order valence-corrected chi connectivity index (χ2v) is 18.9. The van der Waals surface area contributed by atoms with Crippen molar-refractivity contribution in [2.45, 2.75) is 296 Å². The molecule has 0 aromatic rings. The van der Waals surface area contributed by atoms with Crippen molar-refractivity contribution in [3.05, 3.63) is 48.6 Å². The third-order valence-corrected chi connectivity index (χ3v) is 12.6. The molecule has 0 spiro atoms. The molecule has 1 amide bonds. The van der Waals surface area contributed by atoms with E-state index in [1.165, 1.54) is 205 Å². The maximum atomic E-state index is 12.4. The molecule has 0 aliphatic carbocycles. The van der Waals surface area contributed by atoms with Crippen molar-refractivity contribution in [2.24, 2.45) is 0 Å². The van der Waals surface area contributed by atoms with Crippen LogP contribution in [0, 0.1) is 0 Å². The number of carbonyl (C=O) groups is 2. The van der Waals surface area contributed by atoms with Gasteiger partial charge >= 0.3 is 5.97 Å². The second kappa shape index (κ2) is 53.4. The second-order valence-electron chi connectivity index (χ2n) is 18.9. The van der Waals surface area contributed by atoms with Crippen molar-refractivity contribution in [3.63, 3.8) is 0 Å². The minimum absolute atomic E-state index is 0.0466. The minimum atomic E-state index is -0.848. The molecular weight excluding hydrogens is 791 g/mol. The first-order valence-electron chi connectivity index (χ1n) is 27.9. The Morgan fingerprint density at radius 1 is 0.438 bits per heavy atom. The van der Waals surface area contributed by atoms with Gasteiger partial charge in [0.15, 0.2) is 0 Å². The van der Waals surface area contributed by atoms with Gasteiger partial charge in [-0.3, -0.25) is 9.59 Å². The molecule has 0 heterocycles. The van der Waals surface area contributed by atoms with E-state index in [4.69, 9.17) is 4.74 Å². The van der Waals surface area contributed by atoms with E-state index in [2.05, 4.69) is 55.6 Å². The summed E-state index contributed by atoms with van der Waals surface area (Å²) < 4.78 is 5.39. The molecule has 64 heavy (non-hydrogen) atoms. The van der Waals surface area contributed by atoms with Crippen molar-refractivity contribution in [3.8, 4) is 0 Å². The number of ether oxygens (including phenoxy) is 1. The highest BCUT2D eigenvalue weighted by atomic mass is 16.5. The molecule has 0 aliphatic rings. The lowest BCUT2D eigenvalue weighted by Crippen LogP contribution is -2.45. The van der Waals surface area contributed by atoms with Crippen LogP contribution in [0.25, 0.3) is 0 Å². The minimum Gasteiger partial charge on any atom is -0.465 e. The number of unbranched alkanes of at least 4 members (excludes halogenated alkanes) is 34. The van der Waals surface area contributed by atoms with Gasteiger partial charge in [-0.05, 0) is 77.0 Å². The fourth-order valence-corrected chi connectivity index (χ4v) is 8.29.